The molecule has 0 radical (unpaired) electrons. The molecule has 1 N–H and O–H groups in total. The molecular formula is C9H21N3. The predicted octanol–water partition coefficient (Wildman–Crippen LogP) is 0.537. The molecule has 1 heterocycles. The minimum absolute atomic E-state index is 0.697. The lowest BCUT2D eigenvalue weighted by Crippen LogP contribution is -2.46. The Kier molecular flexibility index (Phi) is 3.98. The van der Waals surface area contributed by atoms with Gasteiger partial charge in [0, 0.05) is 20.1 Å². The van der Waals surface area contributed by atoms with Gasteiger partial charge in [-0.15, -0.1) is 0 Å². The maximum atomic E-state index is 3.43. The summed E-state index contributed by atoms with van der Waals surface area (Å²) in [5.41, 5.74) is 3.43. The van der Waals surface area contributed by atoms with Gasteiger partial charge in [-0.3, -0.25) is 10.4 Å². The van der Waals surface area contributed by atoms with Crippen molar-refractivity contribution in [2.45, 2.75) is 25.8 Å². The second kappa shape index (κ2) is 4.80. The van der Waals surface area contributed by atoms with Crippen LogP contribution in [0.3, 0.4) is 0 Å². The third-order valence-corrected chi connectivity index (χ3v) is 2.48. The molecule has 0 amide bonds. The van der Waals surface area contributed by atoms with Crippen molar-refractivity contribution in [1.29, 1.82) is 0 Å². The van der Waals surface area contributed by atoms with Crippen LogP contribution in [0.1, 0.15) is 19.8 Å². The molecule has 3 heteroatoms. The summed E-state index contributed by atoms with van der Waals surface area (Å²) in [5, 5.41) is 2.06. The standard InChI is InChI=1S/C9H21N3/c1-4-12-7-5-9(6-8-12)10-11(2)3/h9-10H,4-8H2,1-3H3. The van der Waals surface area contributed by atoms with E-state index in [0.717, 1.165) is 0 Å². The molecule has 0 atom stereocenters. The Hall–Kier alpha value is -0.120. The van der Waals surface area contributed by atoms with E-state index >= 15 is 0 Å². The molecule has 3 nitrogen and oxygen atoms in total. The average Bonchev–Trinajstić information content (AvgIpc) is 2.05. The van der Waals surface area contributed by atoms with Crippen molar-refractivity contribution in [3.8, 4) is 0 Å². The van der Waals surface area contributed by atoms with E-state index in [9.17, 15) is 0 Å². The molecule has 0 aromatic carbocycles. The van der Waals surface area contributed by atoms with Crippen LogP contribution in [-0.2, 0) is 0 Å². The van der Waals surface area contributed by atoms with Gasteiger partial charge < -0.3 is 4.90 Å². The van der Waals surface area contributed by atoms with E-state index in [-0.39, 0.29) is 0 Å². The fourth-order valence-corrected chi connectivity index (χ4v) is 1.74. The highest BCUT2D eigenvalue weighted by Crippen LogP contribution is 2.09. The topological polar surface area (TPSA) is 18.5 Å². The first-order chi connectivity index (χ1) is 5.72. The number of rotatable bonds is 3. The van der Waals surface area contributed by atoms with Gasteiger partial charge in [0.25, 0.3) is 0 Å². The van der Waals surface area contributed by atoms with Gasteiger partial charge in [-0.25, -0.2) is 0 Å². The zero-order valence-corrected chi connectivity index (χ0v) is 8.51. The third-order valence-electron chi connectivity index (χ3n) is 2.48. The molecule has 1 aliphatic rings. The van der Waals surface area contributed by atoms with Crippen LogP contribution in [0.5, 0.6) is 0 Å². The zero-order valence-electron chi connectivity index (χ0n) is 8.51. The van der Waals surface area contributed by atoms with Crippen LogP contribution < -0.4 is 5.43 Å². The van der Waals surface area contributed by atoms with Crippen molar-refractivity contribution in [3.05, 3.63) is 0 Å². The van der Waals surface area contributed by atoms with E-state index in [0.29, 0.717) is 6.04 Å². The van der Waals surface area contributed by atoms with Gasteiger partial charge >= 0.3 is 0 Å². The molecule has 12 heavy (non-hydrogen) atoms. The lowest BCUT2D eigenvalue weighted by Gasteiger charge is -2.33. The first kappa shape index (κ1) is 9.96. The number of hydrogen-bond acceptors (Lipinski definition) is 3. The summed E-state index contributed by atoms with van der Waals surface area (Å²) in [7, 11) is 4.12. The Bertz CT molecular complexity index is 117. The average molecular weight is 171 g/mol. The summed E-state index contributed by atoms with van der Waals surface area (Å²) in [6, 6.07) is 0.697. The molecule has 0 bridgehead atoms. The maximum Gasteiger partial charge on any atom is 0.0239 e. The second-order valence-corrected chi connectivity index (χ2v) is 3.73. The van der Waals surface area contributed by atoms with Gasteiger partial charge in [0.2, 0.25) is 0 Å². The Labute approximate surface area is 75.7 Å². The van der Waals surface area contributed by atoms with Crippen LogP contribution in [0.2, 0.25) is 0 Å². The molecule has 0 aliphatic carbocycles. The van der Waals surface area contributed by atoms with Crippen molar-refractivity contribution in [2.24, 2.45) is 0 Å². The van der Waals surface area contributed by atoms with Crippen molar-refractivity contribution >= 4 is 0 Å². The lowest BCUT2D eigenvalue weighted by molar-refractivity contribution is 0.152. The number of nitrogens with one attached hydrogen (secondary N) is 1. The minimum atomic E-state index is 0.697. The number of likely N-dealkylation sites (tertiary alicyclic amines) is 1. The van der Waals surface area contributed by atoms with Crippen LogP contribution in [0.15, 0.2) is 0 Å². The largest absolute Gasteiger partial charge is 0.303 e. The molecule has 1 rings (SSSR count). The molecule has 72 valence electrons. The fourth-order valence-electron chi connectivity index (χ4n) is 1.74. The number of hydrazine groups is 1. The SMILES string of the molecule is CCN1CCC(NN(C)C)CC1. The number of piperidine rings is 1. The molecule has 0 aromatic heterocycles. The molecule has 0 aromatic rings. The molecule has 1 saturated heterocycles. The van der Waals surface area contributed by atoms with Gasteiger partial charge in [0.1, 0.15) is 0 Å². The summed E-state index contributed by atoms with van der Waals surface area (Å²) in [6.45, 7) is 5.94. The lowest BCUT2D eigenvalue weighted by atomic mass is 10.1. The number of hydrogen-bond donors (Lipinski definition) is 1. The number of nitrogens with zero attached hydrogens (tertiary/aromatic N) is 2. The maximum absolute atomic E-state index is 3.43. The first-order valence-corrected chi connectivity index (χ1v) is 4.88. The van der Waals surface area contributed by atoms with Gasteiger partial charge in [0.15, 0.2) is 0 Å². The zero-order chi connectivity index (χ0) is 8.97. The van der Waals surface area contributed by atoms with Crippen LogP contribution in [0.25, 0.3) is 0 Å². The van der Waals surface area contributed by atoms with E-state index in [4.69, 9.17) is 0 Å². The van der Waals surface area contributed by atoms with Crippen LogP contribution >= 0.6 is 0 Å². The normalized spacial score (nSPS) is 22.0. The van der Waals surface area contributed by atoms with E-state index in [1.807, 2.05) is 0 Å². The van der Waals surface area contributed by atoms with Crippen LogP contribution in [0.4, 0.5) is 0 Å². The highest BCUT2D eigenvalue weighted by atomic mass is 15.5. The summed E-state index contributed by atoms with van der Waals surface area (Å²) in [4.78, 5) is 2.51. The van der Waals surface area contributed by atoms with Gasteiger partial charge in [0.05, 0.1) is 0 Å². The predicted molar refractivity (Wildman–Crippen MR) is 52.0 cm³/mol. The van der Waals surface area contributed by atoms with Gasteiger partial charge in [-0.1, -0.05) is 6.92 Å². The van der Waals surface area contributed by atoms with E-state index < -0.39 is 0 Å². The van der Waals surface area contributed by atoms with Crippen molar-refractivity contribution < 1.29 is 0 Å². The summed E-state index contributed by atoms with van der Waals surface area (Å²) in [6.07, 6.45) is 2.57. The Balaban J connectivity index is 2.17. The first-order valence-electron chi connectivity index (χ1n) is 4.88. The molecule has 0 saturated carbocycles. The molecular weight excluding hydrogens is 150 g/mol. The Morgan fingerprint density at radius 3 is 2.33 bits per heavy atom. The van der Waals surface area contributed by atoms with Crippen LogP contribution in [-0.4, -0.2) is 49.7 Å². The Morgan fingerprint density at radius 2 is 1.92 bits per heavy atom. The van der Waals surface area contributed by atoms with E-state index in [2.05, 4.69) is 36.4 Å². The Morgan fingerprint density at radius 1 is 1.33 bits per heavy atom. The van der Waals surface area contributed by atoms with E-state index in [1.165, 1.54) is 32.5 Å². The highest BCUT2D eigenvalue weighted by molar-refractivity contribution is 4.74. The monoisotopic (exact) mass is 171 g/mol. The highest BCUT2D eigenvalue weighted by Gasteiger charge is 2.17. The van der Waals surface area contributed by atoms with Gasteiger partial charge in [-0.05, 0) is 32.5 Å². The minimum Gasteiger partial charge on any atom is -0.303 e. The van der Waals surface area contributed by atoms with Gasteiger partial charge in [-0.2, -0.15) is 0 Å². The molecule has 1 fully saturated rings. The smallest absolute Gasteiger partial charge is 0.0239 e. The summed E-state index contributed by atoms with van der Waals surface area (Å²) < 4.78 is 0. The second-order valence-electron chi connectivity index (χ2n) is 3.73. The molecule has 0 spiro atoms. The third kappa shape index (κ3) is 3.09. The fraction of sp³-hybridized carbons (Fsp3) is 1.00. The van der Waals surface area contributed by atoms with Crippen molar-refractivity contribution in [2.75, 3.05) is 33.7 Å². The summed E-state index contributed by atoms with van der Waals surface area (Å²) in [5.74, 6) is 0. The van der Waals surface area contributed by atoms with E-state index in [1.54, 1.807) is 0 Å². The van der Waals surface area contributed by atoms with Crippen molar-refractivity contribution in [1.82, 2.24) is 15.3 Å². The van der Waals surface area contributed by atoms with Crippen LogP contribution in [0, 0.1) is 0 Å². The quantitative estimate of drug-likeness (QED) is 0.625. The summed E-state index contributed by atoms with van der Waals surface area (Å²) >= 11 is 0. The molecule has 1 aliphatic heterocycles. The molecule has 0 unspecified atom stereocenters. The van der Waals surface area contributed by atoms with Crippen molar-refractivity contribution in [3.63, 3.8) is 0 Å².